The number of hydrogen-bond donors (Lipinski definition) is 1. The van der Waals surface area contributed by atoms with E-state index in [1.54, 1.807) is 11.3 Å². The fourth-order valence-corrected chi connectivity index (χ4v) is 2.50. The van der Waals surface area contributed by atoms with Gasteiger partial charge in [0.1, 0.15) is 0 Å². The summed E-state index contributed by atoms with van der Waals surface area (Å²) in [6.07, 6.45) is 4.89. The number of nitrogens with one attached hydrogen (secondary N) is 1. The fraction of sp³-hybridized carbons (Fsp3) is 0.308. The van der Waals surface area contributed by atoms with Crippen LogP contribution in [0.5, 0.6) is 0 Å². The van der Waals surface area contributed by atoms with Crippen LogP contribution in [0, 0.1) is 0 Å². The summed E-state index contributed by atoms with van der Waals surface area (Å²) in [6.45, 7) is 3.21. The van der Waals surface area contributed by atoms with Crippen molar-refractivity contribution < 1.29 is 0 Å². The highest BCUT2D eigenvalue weighted by atomic mass is 32.1. The molecule has 0 saturated heterocycles. The summed E-state index contributed by atoms with van der Waals surface area (Å²) in [5, 5.41) is 5.68. The molecule has 0 radical (unpaired) electrons. The lowest BCUT2D eigenvalue weighted by Crippen LogP contribution is -2.22. The number of pyridine rings is 1. The first-order valence-electron chi connectivity index (χ1n) is 5.58. The molecular weight excluding hydrogens is 216 g/mol. The van der Waals surface area contributed by atoms with Gasteiger partial charge in [-0.25, -0.2) is 0 Å². The van der Waals surface area contributed by atoms with Crippen LogP contribution in [-0.2, 0) is 0 Å². The van der Waals surface area contributed by atoms with Crippen LogP contribution >= 0.6 is 11.3 Å². The summed E-state index contributed by atoms with van der Waals surface area (Å²) in [5.74, 6) is 0. The van der Waals surface area contributed by atoms with E-state index in [4.69, 9.17) is 0 Å². The molecule has 0 amide bonds. The van der Waals surface area contributed by atoms with E-state index in [1.807, 2.05) is 18.5 Å². The molecule has 1 atom stereocenters. The third-order valence-electron chi connectivity index (χ3n) is 2.44. The Hall–Kier alpha value is -1.19. The molecule has 1 N–H and O–H groups in total. The first kappa shape index (κ1) is 11.3. The molecule has 3 heteroatoms. The minimum atomic E-state index is 0.286. The van der Waals surface area contributed by atoms with Crippen molar-refractivity contribution in [2.24, 2.45) is 0 Å². The first-order chi connectivity index (χ1) is 7.92. The largest absolute Gasteiger partial charge is 0.306 e. The predicted octanol–water partition coefficient (Wildman–Crippen LogP) is 3.23. The molecule has 0 aliphatic rings. The van der Waals surface area contributed by atoms with Crippen molar-refractivity contribution in [1.82, 2.24) is 10.3 Å². The molecule has 2 aromatic heterocycles. The molecule has 16 heavy (non-hydrogen) atoms. The highest BCUT2D eigenvalue weighted by Gasteiger charge is 2.13. The summed E-state index contributed by atoms with van der Waals surface area (Å²) in [7, 11) is 0. The van der Waals surface area contributed by atoms with E-state index in [-0.39, 0.29) is 6.04 Å². The summed E-state index contributed by atoms with van der Waals surface area (Å²) < 4.78 is 0. The average molecular weight is 232 g/mol. The van der Waals surface area contributed by atoms with Gasteiger partial charge in [-0.2, -0.15) is 0 Å². The van der Waals surface area contributed by atoms with E-state index in [0.717, 1.165) is 13.0 Å². The molecule has 0 aliphatic heterocycles. The van der Waals surface area contributed by atoms with Gasteiger partial charge in [0, 0.05) is 17.3 Å². The van der Waals surface area contributed by atoms with Crippen LogP contribution in [0.2, 0.25) is 0 Å². The maximum atomic E-state index is 4.19. The van der Waals surface area contributed by atoms with Crippen LogP contribution in [0.1, 0.15) is 29.8 Å². The number of hydrogen-bond acceptors (Lipinski definition) is 3. The highest BCUT2D eigenvalue weighted by Crippen LogP contribution is 2.25. The Labute approximate surface area is 100 Å². The minimum absolute atomic E-state index is 0.286. The Bertz CT molecular complexity index is 397. The lowest BCUT2D eigenvalue weighted by Gasteiger charge is -2.17. The van der Waals surface area contributed by atoms with Crippen LogP contribution in [-0.4, -0.2) is 11.5 Å². The van der Waals surface area contributed by atoms with E-state index in [0.29, 0.717) is 0 Å². The SMILES string of the molecule is CCCNC(c1cccnc1)c1cccs1. The lowest BCUT2D eigenvalue weighted by molar-refractivity contribution is 0.604. The standard InChI is InChI=1S/C13H16N2S/c1-2-7-15-13(12-6-4-9-16-12)11-5-3-8-14-10-11/h3-6,8-10,13,15H,2,7H2,1H3. The normalized spacial score (nSPS) is 12.6. The Balaban J connectivity index is 2.21. The van der Waals surface area contributed by atoms with Crippen molar-refractivity contribution in [3.8, 4) is 0 Å². The van der Waals surface area contributed by atoms with Crippen LogP contribution < -0.4 is 5.32 Å². The summed E-state index contributed by atoms with van der Waals surface area (Å²) in [6, 6.07) is 8.67. The van der Waals surface area contributed by atoms with Gasteiger partial charge in [-0.05, 0) is 36.0 Å². The van der Waals surface area contributed by atoms with Gasteiger partial charge in [-0.15, -0.1) is 11.3 Å². The Morgan fingerprint density at radius 3 is 2.94 bits per heavy atom. The Morgan fingerprint density at radius 2 is 2.31 bits per heavy atom. The van der Waals surface area contributed by atoms with Gasteiger partial charge >= 0.3 is 0 Å². The molecule has 0 saturated carbocycles. The summed E-state index contributed by atoms with van der Waals surface area (Å²) in [5.41, 5.74) is 1.23. The number of nitrogens with zero attached hydrogens (tertiary/aromatic N) is 1. The Morgan fingerprint density at radius 1 is 1.38 bits per heavy atom. The van der Waals surface area contributed by atoms with Crippen LogP contribution in [0.25, 0.3) is 0 Å². The Kier molecular flexibility index (Phi) is 4.08. The third-order valence-corrected chi connectivity index (χ3v) is 3.38. The van der Waals surface area contributed by atoms with Gasteiger partial charge in [-0.1, -0.05) is 19.1 Å². The smallest absolute Gasteiger partial charge is 0.0686 e. The van der Waals surface area contributed by atoms with Crippen molar-refractivity contribution in [3.05, 3.63) is 52.5 Å². The van der Waals surface area contributed by atoms with Crippen molar-refractivity contribution >= 4 is 11.3 Å². The van der Waals surface area contributed by atoms with E-state index in [9.17, 15) is 0 Å². The molecule has 0 aromatic carbocycles. The molecule has 2 nitrogen and oxygen atoms in total. The van der Waals surface area contributed by atoms with E-state index in [1.165, 1.54) is 10.4 Å². The number of aromatic nitrogens is 1. The fourth-order valence-electron chi connectivity index (χ4n) is 1.67. The molecule has 0 fully saturated rings. The van der Waals surface area contributed by atoms with E-state index in [2.05, 4.69) is 40.8 Å². The van der Waals surface area contributed by atoms with Crippen LogP contribution in [0.4, 0.5) is 0 Å². The van der Waals surface area contributed by atoms with Crippen LogP contribution in [0.3, 0.4) is 0 Å². The third kappa shape index (κ3) is 2.68. The summed E-state index contributed by atoms with van der Waals surface area (Å²) >= 11 is 1.79. The number of rotatable bonds is 5. The maximum absolute atomic E-state index is 4.19. The molecule has 0 spiro atoms. The monoisotopic (exact) mass is 232 g/mol. The molecule has 2 aromatic rings. The zero-order chi connectivity index (χ0) is 11.2. The molecule has 0 aliphatic carbocycles. The first-order valence-corrected chi connectivity index (χ1v) is 6.46. The average Bonchev–Trinajstić information content (AvgIpc) is 2.85. The van der Waals surface area contributed by atoms with Crippen molar-refractivity contribution in [3.63, 3.8) is 0 Å². The zero-order valence-electron chi connectivity index (χ0n) is 9.39. The van der Waals surface area contributed by atoms with Crippen molar-refractivity contribution in [1.29, 1.82) is 0 Å². The second kappa shape index (κ2) is 5.77. The van der Waals surface area contributed by atoms with Gasteiger partial charge in [0.05, 0.1) is 6.04 Å². The van der Waals surface area contributed by atoms with Gasteiger partial charge in [-0.3, -0.25) is 4.98 Å². The predicted molar refractivity (Wildman–Crippen MR) is 68.7 cm³/mol. The quantitative estimate of drug-likeness (QED) is 0.856. The van der Waals surface area contributed by atoms with Gasteiger partial charge in [0.15, 0.2) is 0 Å². The molecule has 2 heterocycles. The molecule has 0 bridgehead atoms. The zero-order valence-corrected chi connectivity index (χ0v) is 10.2. The number of thiophene rings is 1. The maximum Gasteiger partial charge on any atom is 0.0686 e. The minimum Gasteiger partial charge on any atom is -0.306 e. The van der Waals surface area contributed by atoms with Gasteiger partial charge in [0.2, 0.25) is 0 Å². The molecular formula is C13H16N2S. The second-order valence-electron chi connectivity index (χ2n) is 3.69. The topological polar surface area (TPSA) is 24.9 Å². The van der Waals surface area contributed by atoms with Crippen molar-refractivity contribution in [2.45, 2.75) is 19.4 Å². The van der Waals surface area contributed by atoms with Crippen molar-refractivity contribution in [2.75, 3.05) is 6.54 Å². The highest BCUT2D eigenvalue weighted by molar-refractivity contribution is 7.10. The van der Waals surface area contributed by atoms with Crippen LogP contribution in [0.15, 0.2) is 42.0 Å². The van der Waals surface area contributed by atoms with Gasteiger partial charge < -0.3 is 5.32 Å². The van der Waals surface area contributed by atoms with E-state index >= 15 is 0 Å². The van der Waals surface area contributed by atoms with E-state index < -0.39 is 0 Å². The molecule has 84 valence electrons. The lowest BCUT2D eigenvalue weighted by atomic mass is 10.1. The van der Waals surface area contributed by atoms with Gasteiger partial charge in [0.25, 0.3) is 0 Å². The second-order valence-corrected chi connectivity index (χ2v) is 4.67. The molecule has 1 unspecified atom stereocenters. The summed E-state index contributed by atoms with van der Waals surface area (Å²) in [4.78, 5) is 5.54. The molecule has 2 rings (SSSR count).